The van der Waals surface area contributed by atoms with E-state index in [-0.39, 0.29) is 12.4 Å². The molecule has 1 atom stereocenters. The third-order valence-electron chi connectivity index (χ3n) is 2.64. The minimum atomic E-state index is -0.454. The third-order valence-corrected chi connectivity index (χ3v) is 2.64. The lowest BCUT2D eigenvalue weighted by Crippen LogP contribution is -2.32. The van der Waals surface area contributed by atoms with Crippen molar-refractivity contribution >= 4 is 18.3 Å². The van der Waals surface area contributed by atoms with E-state index >= 15 is 0 Å². The second-order valence-corrected chi connectivity index (χ2v) is 4.00. The number of benzene rings is 1. The normalized spacial score (nSPS) is 22.6. The number of hydroxylamine groups is 1. The molecule has 1 heterocycles. The van der Waals surface area contributed by atoms with Crippen LogP contribution in [-0.2, 0) is 10.5 Å². The van der Waals surface area contributed by atoms with Crippen LogP contribution in [0.25, 0.3) is 0 Å². The van der Waals surface area contributed by atoms with Gasteiger partial charge in [0.2, 0.25) is 5.90 Å². The van der Waals surface area contributed by atoms with Crippen molar-refractivity contribution in [1.29, 1.82) is 0 Å². The van der Waals surface area contributed by atoms with Gasteiger partial charge in [0.25, 0.3) is 0 Å². The first-order valence-corrected chi connectivity index (χ1v) is 5.47. The van der Waals surface area contributed by atoms with Gasteiger partial charge < -0.3 is 10.2 Å². The topological polar surface area (TPSA) is 45.7 Å². The van der Waals surface area contributed by atoms with Gasteiger partial charge in [-0.25, -0.2) is 4.99 Å². The van der Waals surface area contributed by atoms with Crippen LogP contribution in [-0.4, -0.2) is 19.5 Å². The van der Waals surface area contributed by atoms with E-state index in [0.717, 1.165) is 24.4 Å². The molecule has 1 aliphatic rings. The van der Waals surface area contributed by atoms with Crippen molar-refractivity contribution in [2.24, 2.45) is 4.99 Å². The lowest BCUT2D eigenvalue weighted by atomic mass is 10.0. The molecule has 0 saturated heterocycles. The summed E-state index contributed by atoms with van der Waals surface area (Å²) in [6.07, 6.45) is 0.798. The zero-order valence-corrected chi connectivity index (χ0v) is 10.9. The molecule has 0 aliphatic carbocycles. The highest BCUT2D eigenvalue weighted by Gasteiger charge is 2.32. The summed E-state index contributed by atoms with van der Waals surface area (Å²) in [4.78, 5) is 9.96. The predicted molar refractivity (Wildman–Crippen MR) is 71.2 cm³/mol. The summed E-state index contributed by atoms with van der Waals surface area (Å²) in [6, 6.07) is 10.1. The fourth-order valence-electron chi connectivity index (χ4n) is 1.68. The third kappa shape index (κ3) is 3.19. The van der Waals surface area contributed by atoms with E-state index in [0.29, 0.717) is 0 Å². The molecule has 5 heteroatoms. The van der Waals surface area contributed by atoms with Crippen molar-refractivity contribution in [3.63, 3.8) is 0 Å². The Morgan fingerprint density at radius 1 is 1.35 bits per heavy atom. The zero-order valence-electron chi connectivity index (χ0n) is 10.1. The maximum Gasteiger partial charge on any atom is 0.212 e. The molecular formula is C12H18ClN3O. The summed E-state index contributed by atoms with van der Waals surface area (Å²) >= 11 is 0. The van der Waals surface area contributed by atoms with Crippen molar-refractivity contribution in [3.05, 3.63) is 35.9 Å². The van der Waals surface area contributed by atoms with Gasteiger partial charge in [0, 0.05) is 13.0 Å². The van der Waals surface area contributed by atoms with E-state index < -0.39 is 5.66 Å². The Kier molecular flexibility index (Phi) is 4.93. The molecule has 0 saturated carbocycles. The second-order valence-electron chi connectivity index (χ2n) is 4.00. The van der Waals surface area contributed by atoms with Crippen LogP contribution in [0, 0.1) is 0 Å². The van der Waals surface area contributed by atoms with Gasteiger partial charge in [-0.2, -0.15) is 0 Å². The molecule has 2 rings (SSSR count). The van der Waals surface area contributed by atoms with Gasteiger partial charge in [-0.1, -0.05) is 30.3 Å². The largest absolute Gasteiger partial charge is 0.391 e. The van der Waals surface area contributed by atoms with Crippen LogP contribution in [0.15, 0.2) is 35.3 Å². The maximum atomic E-state index is 5.39. The molecule has 0 fully saturated rings. The summed E-state index contributed by atoms with van der Waals surface area (Å²) in [5, 5.41) is 3.07. The molecule has 0 spiro atoms. The number of hydrogen-bond donors (Lipinski definition) is 2. The summed E-state index contributed by atoms with van der Waals surface area (Å²) < 4.78 is 0. The molecule has 1 aliphatic heterocycles. The highest BCUT2D eigenvalue weighted by Crippen LogP contribution is 2.26. The van der Waals surface area contributed by atoms with Crippen molar-refractivity contribution < 1.29 is 4.84 Å². The molecular weight excluding hydrogens is 238 g/mol. The molecule has 0 amide bonds. The zero-order chi connectivity index (χ0) is 11.4. The van der Waals surface area contributed by atoms with Gasteiger partial charge in [-0.05, 0) is 19.5 Å². The number of aliphatic imine (C=N–C) groups is 1. The fourth-order valence-corrected chi connectivity index (χ4v) is 1.68. The van der Waals surface area contributed by atoms with Crippen LogP contribution in [0.2, 0.25) is 0 Å². The first-order chi connectivity index (χ1) is 7.74. The Hall–Kier alpha value is -1.10. The second kappa shape index (κ2) is 6.00. The average Bonchev–Trinajstić information content (AvgIpc) is 2.71. The lowest BCUT2D eigenvalue weighted by molar-refractivity contribution is 0.126. The monoisotopic (exact) mass is 255 g/mol. The highest BCUT2D eigenvalue weighted by molar-refractivity contribution is 5.85. The Labute approximate surface area is 108 Å². The lowest BCUT2D eigenvalue weighted by Gasteiger charge is -2.18. The van der Waals surface area contributed by atoms with Crippen LogP contribution < -0.4 is 10.8 Å². The average molecular weight is 256 g/mol. The molecule has 1 unspecified atom stereocenters. The van der Waals surface area contributed by atoms with Crippen LogP contribution in [0.3, 0.4) is 0 Å². The quantitative estimate of drug-likeness (QED) is 0.863. The van der Waals surface area contributed by atoms with Crippen molar-refractivity contribution in [3.8, 4) is 0 Å². The molecule has 4 nitrogen and oxygen atoms in total. The van der Waals surface area contributed by atoms with Gasteiger partial charge >= 0.3 is 0 Å². The van der Waals surface area contributed by atoms with Crippen LogP contribution in [0.4, 0.5) is 0 Å². The van der Waals surface area contributed by atoms with Gasteiger partial charge in [-0.15, -0.1) is 17.9 Å². The van der Waals surface area contributed by atoms with Crippen molar-refractivity contribution in [2.75, 3.05) is 13.6 Å². The van der Waals surface area contributed by atoms with Crippen molar-refractivity contribution in [2.45, 2.75) is 19.0 Å². The molecule has 0 aromatic heterocycles. The Balaban J connectivity index is 0.00000144. The fraction of sp³-hybridized carbons (Fsp3) is 0.417. The molecule has 2 N–H and O–H groups in total. The molecule has 94 valence electrons. The molecule has 17 heavy (non-hydrogen) atoms. The molecule has 0 radical (unpaired) electrons. The number of hydrogen-bond acceptors (Lipinski definition) is 4. The number of nitrogens with zero attached hydrogens (tertiary/aromatic N) is 1. The van der Waals surface area contributed by atoms with E-state index in [4.69, 9.17) is 4.84 Å². The van der Waals surface area contributed by atoms with Gasteiger partial charge in [0.15, 0.2) is 5.66 Å². The Morgan fingerprint density at radius 2 is 2.06 bits per heavy atom. The molecule has 0 bridgehead atoms. The van der Waals surface area contributed by atoms with E-state index in [1.165, 1.54) is 0 Å². The van der Waals surface area contributed by atoms with Gasteiger partial charge in [0.05, 0.1) is 0 Å². The molecule has 1 aromatic rings. The minimum absolute atomic E-state index is 0. The number of halogens is 1. The first kappa shape index (κ1) is 14.0. The number of rotatable bonds is 4. The predicted octanol–water partition coefficient (Wildman–Crippen LogP) is 1.82. The summed E-state index contributed by atoms with van der Waals surface area (Å²) in [5.41, 5.74) is 3.63. The minimum Gasteiger partial charge on any atom is -0.391 e. The van der Waals surface area contributed by atoms with E-state index in [1.54, 1.807) is 0 Å². The van der Waals surface area contributed by atoms with Gasteiger partial charge in [-0.3, -0.25) is 0 Å². The van der Waals surface area contributed by atoms with Gasteiger partial charge in [0.1, 0.15) is 0 Å². The highest BCUT2D eigenvalue weighted by atomic mass is 35.5. The number of nitrogens with one attached hydrogen (secondary N) is 2. The van der Waals surface area contributed by atoms with E-state index in [9.17, 15) is 0 Å². The standard InChI is InChI=1S/C12H17N3O.ClH/c1-12(10-6-4-3-5-7-10)14-11(16-15-12)8-9-13-2;/h3-7,13,15H,8-9H2,1-2H3;1H. The molecule has 1 aromatic carbocycles. The maximum absolute atomic E-state index is 5.39. The summed E-state index contributed by atoms with van der Waals surface area (Å²) in [6.45, 7) is 2.88. The first-order valence-electron chi connectivity index (χ1n) is 5.47. The van der Waals surface area contributed by atoms with Crippen LogP contribution in [0.5, 0.6) is 0 Å². The smallest absolute Gasteiger partial charge is 0.212 e. The van der Waals surface area contributed by atoms with E-state index in [1.807, 2.05) is 44.3 Å². The van der Waals surface area contributed by atoms with Crippen LogP contribution in [0.1, 0.15) is 18.9 Å². The van der Waals surface area contributed by atoms with E-state index in [2.05, 4.69) is 15.8 Å². The van der Waals surface area contributed by atoms with Crippen molar-refractivity contribution in [1.82, 2.24) is 10.8 Å². The SMILES string of the molecule is CNCCC1=NC(C)(c2ccccc2)NO1.Cl. The summed E-state index contributed by atoms with van der Waals surface area (Å²) in [5.74, 6) is 0.751. The Bertz CT molecular complexity index is 383. The summed E-state index contributed by atoms with van der Waals surface area (Å²) in [7, 11) is 1.92. The van der Waals surface area contributed by atoms with Crippen LogP contribution >= 0.6 is 12.4 Å². The Morgan fingerprint density at radius 3 is 2.71 bits per heavy atom.